The van der Waals surface area contributed by atoms with Crippen molar-refractivity contribution in [2.45, 2.75) is 6.92 Å². The van der Waals surface area contributed by atoms with E-state index < -0.39 is 11.8 Å². The average molecular weight is 351 g/mol. The zero-order chi connectivity index (χ0) is 18.1. The van der Waals surface area contributed by atoms with Crippen molar-refractivity contribution < 1.29 is 13.9 Å². The minimum atomic E-state index is -0.609. The molecule has 2 aromatic carbocycles. The van der Waals surface area contributed by atoms with Crippen LogP contribution in [0, 0.1) is 5.82 Å². The minimum Gasteiger partial charge on any atom is -0.461 e. The lowest BCUT2D eigenvalue weighted by Gasteiger charge is -2.11. The van der Waals surface area contributed by atoms with Crippen LogP contribution >= 0.6 is 0 Å². The van der Waals surface area contributed by atoms with Gasteiger partial charge in [0.2, 0.25) is 5.69 Å². The number of aromatic nitrogens is 4. The van der Waals surface area contributed by atoms with Gasteiger partial charge in [0.25, 0.3) is 0 Å². The Balaban J connectivity index is 1.94. The molecule has 0 aliphatic heterocycles. The van der Waals surface area contributed by atoms with Crippen LogP contribution in [-0.4, -0.2) is 32.4 Å². The molecule has 0 unspecified atom stereocenters. The van der Waals surface area contributed by atoms with Gasteiger partial charge in [-0.15, -0.1) is 5.10 Å². The fourth-order valence-electron chi connectivity index (χ4n) is 2.68. The second-order valence-electron chi connectivity index (χ2n) is 5.48. The first-order valence-corrected chi connectivity index (χ1v) is 8.02. The Hall–Kier alpha value is -3.55. The molecule has 7 nitrogen and oxygen atoms in total. The zero-order valence-electron chi connectivity index (χ0n) is 13.8. The molecule has 2 aromatic heterocycles. The molecule has 0 bridgehead atoms. The molecular formula is C18H14FN5O2. The highest BCUT2D eigenvalue weighted by Crippen LogP contribution is 2.27. The fraction of sp³-hybridized carbons (Fsp3) is 0.111. The molecular weight excluding hydrogens is 337 g/mol. The summed E-state index contributed by atoms with van der Waals surface area (Å²) in [6, 6.07) is 13.6. The van der Waals surface area contributed by atoms with Gasteiger partial charge in [0, 0.05) is 5.39 Å². The van der Waals surface area contributed by atoms with E-state index in [2.05, 4.69) is 20.6 Å². The second kappa shape index (κ2) is 6.40. The van der Waals surface area contributed by atoms with Gasteiger partial charge in [-0.3, -0.25) is 0 Å². The van der Waals surface area contributed by atoms with Crippen LogP contribution in [0.15, 0.2) is 48.5 Å². The van der Waals surface area contributed by atoms with Crippen molar-refractivity contribution in [1.29, 1.82) is 0 Å². The number of hydrogen-bond acceptors (Lipinski definition) is 6. The number of benzene rings is 2. The smallest absolute Gasteiger partial charge is 0.362 e. The molecule has 0 saturated heterocycles. The summed E-state index contributed by atoms with van der Waals surface area (Å²) in [5.41, 5.74) is 1.20. The number of hydrogen-bond donors (Lipinski definition) is 1. The summed E-state index contributed by atoms with van der Waals surface area (Å²) in [5.74, 6) is -0.622. The number of para-hydroxylation sites is 2. The van der Waals surface area contributed by atoms with E-state index in [1.807, 2.05) is 24.3 Å². The molecule has 1 N–H and O–H groups in total. The van der Waals surface area contributed by atoms with Crippen molar-refractivity contribution in [2.24, 2.45) is 0 Å². The van der Waals surface area contributed by atoms with Crippen LogP contribution in [0.1, 0.15) is 17.4 Å². The first kappa shape index (κ1) is 15.9. The van der Waals surface area contributed by atoms with Crippen LogP contribution in [0.4, 0.5) is 15.9 Å². The van der Waals surface area contributed by atoms with E-state index in [9.17, 15) is 9.18 Å². The highest BCUT2D eigenvalue weighted by atomic mass is 19.1. The second-order valence-corrected chi connectivity index (χ2v) is 5.48. The van der Waals surface area contributed by atoms with E-state index in [-0.39, 0.29) is 23.6 Å². The van der Waals surface area contributed by atoms with Gasteiger partial charge in [-0.2, -0.15) is 4.52 Å². The van der Waals surface area contributed by atoms with Crippen LogP contribution in [0.5, 0.6) is 0 Å². The number of carbonyl (C=O) groups is 1. The Morgan fingerprint density at radius 3 is 2.77 bits per heavy atom. The lowest BCUT2D eigenvalue weighted by atomic mass is 10.2. The summed E-state index contributed by atoms with van der Waals surface area (Å²) < 4.78 is 20.5. The lowest BCUT2D eigenvalue weighted by Crippen LogP contribution is -2.07. The van der Waals surface area contributed by atoms with Crippen molar-refractivity contribution in [3.8, 4) is 0 Å². The predicted molar refractivity (Wildman–Crippen MR) is 93.9 cm³/mol. The molecule has 4 rings (SSSR count). The number of nitrogens with zero attached hydrogens (tertiary/aromatic N) is 4. The monoisotopic (exact) mass is 351 g/mol. The van der Waals surface area contributed by atoms with Crippen molar-refractivity contribution in [3.63, 3.8) is 0 Å². The number of halogens is 1. The van der Waals surface area contributed by atoms with E-state index in [0.717, 1.165) is 0 Å². The number of nitrogens with one attached hydrogen (secondary N) is 1. The highest BCUT2D eigenvalue weighted by Gasteiger charge is 2.20. The third kappa shape index (κ3) is 2.61. The minimum absolute atomic E-state index is 0.00851. The Kier molecular flexibility index (Phi) is 3.92. The normalized spacial score (nSPS) is 11.0. The molecule has 2 heterocycles. The van der Waals surface area contributed by atoms with Gasteiger partial charge in [0.05, 0.1) is 17.8 Å². The molecule has 0 spiro atoms. The Labute approximate surface area is 147 Å². The SMILES string of the molecule is CCOC(=O)c1nnn2c1nc(Nc1ccccc1F)c1ccccc12. The lowest BCUT2D eigenvalue weighted by molar-refractivity contribution is 0.0521. The highest BCUT2D eigenvalue weighted by molar-refractivity contribution is 5.98. The topological polar surface area (TPSA) is 81.4 Å². The van der Waals surface area contributed by atoms with Gasteiger partial charge < -0.3 is 10.1 Å². The number of rotatable bonds is 4. The molecule has 0 radical (unpaired) electrons. The van der Waals surface area contributed by atoms with E-state index >= 15 is 0 Å². The third-order valence-corrected chi connectivity index (χ3v) is 3.85. The Morgan fingerprint density at radius 1 is 1.19 bits per heavy atom. The summed E-state index contributed by atoms with van der Waals surface area (Å²) in [7, 11) is 0. The van der Waals surface area contributed by atoms with E-state index in [1.165, 1.54) is 10.6 Å². The van der Waals surface area contributed by atoms with E-state index in [4.69, 9.17) is 4.74 Å². The Morgan fingerprint density at radius 2 is 1.96 bits per heavy atom. The van der Waals surface area contributed by atoms with Crippen molar-refractivity contribution >= 4 is 34.0 Å². The molecule has 8 heteroatoms. The average Bonchev–Trinajstić information content (AvgIpc) is 3.08. The van der Waals surface area contributed by atoms with Crippen molar-refractivity contribution in [3.05, 3.63) is 60.0 Å². The third-order valence-electron chi connectivity index (χ3n) is 3.85. The van der Waals surface area contributed by atoms with E-state index in [1.54, 1.807) is 25.1 Å². The van der Waals surface area contributed by atoms with Crippen LogP contribution in [0.25, 0.3) is 16.6 Å². The first-order chi connectivity index (χ1) is 12.7. The van der Waals surface area contributed by atoms with Gasteiger partial charge >= 0.3 is 5.97 Å². The summed E-state index contributed by atoms with van der Waals surface area (Å²) in [6.45, 7) is 1.92. The van der Waals surface area contributed by atoms with Crippen LogP contribution < -0.4 is 5.32 Å². The summed E-state index contributed by atoms with van der Waals surface area (Å²) >= 11 is 0. The molecule has 0 aliphatic carbocycles. The summed E-state index contributed by atoms with van der Waals surface area (Å²) in [5, 5.41) is 11.6. The standard InChI is InChI=1S/C18H14FN5O2/c1-2-26-18(25)15-17-21-16(20-13-9-5-4-8-12(13)19)11-7-3-6-10-14(11)24(17)23-22-15/h3-10H,2H2,1H3,(H,20,21). The van der Waals surface area contributed by atoms with Gasteiger partial charge in [-0.1, -0.05) is 29.5 Å². The maximum atomic E-state index is 14.0. The number of fused-ring (bicyclic) bond motifs is 3. The van der Waals surface area contributed by atoms with Gasteiger partial charge in [0.15, 0.2) is 5.65 Å². The number of anilines is 2. The predicted octanol–water partition coefficient (Wildman–Crippen LogP) is 3.34. The van der Waals surface area contributed by atoms with Gasteiger partial charge in [-0.25, -0.2) is 14.2 Å². The maximum absolute atomic E-state index is 14.0. The molecule has 4 aromatic rings. The van der Waals surface area contributed by atoms with Crippen LogP contribution in [0.2, 0.25) is 0 Å². The molecule has 0 saturated carbocycles. The Bertz CT molecular complexity index is 1130. The first-order valence-electron chi connectivity index (χ1n) is 8.02. The number of carbonyl (C=O) groups excluding carboxylic acids is 1. The van der Waals surface area contributed by atoms with Gasteiger partial charge in [0.1, 0.15) is 11.6 Å². The van der Waals surface area contributed by atoms with Gasteiger partial charge in [-0.05, 0) is 31.2 Å². The van der Waals surface area contributed by atoms with E-state index in [0.29, 0.717) is 16.7 Å². The van der Waals surface area contributed by atoms with Crippen LogP contribution in [-0.2, 0) is 4.74 Å². The van der Waals surface area contributed by atoms with Crippen molar-refractivity contribution in [2.75, 3.05) is 11.9 Å². The maximum Gasteiger partial charge on any atom is 0.362 e. The molecule has 0 atom stereocenters. The largest absolute Gasteiger partial charge is 0.461 e. The fourth-order valence-corrected chi connectivity index (χ4v) is 2.68. The molecule has 0 fully saturated rings. The zero-order valence-corrected chi connectivity index (χ0v) is 13.8. The molecule has 0 aliphatic rings. The molecule has 26 heavy (non-hydrogen) atoms. The summed E-state index contributed by atoms with van der Waals surface area (Å²) in [4.78, 5) is 16.6. The van der Waals surface area contributed by atoms with Crippen LogP contribution in [0.3, 0.4) is 0 Å². The number of esters is 1. The number of ether oxygens (including phenoxy) is 1. The quantitative estimate of drug-likeness (QED) is 0.568. The molecule has 0 amide bonds. The summed E-state index contributed by atoms with van der Waals surface area (Å²) in [6.07, 6.45) is 0. The van der Waals surface area contributed by atoms with Crippen molar-refractivity contribution in [1.82, 2.24) is 19.8 Å². The molecule has 130 valence electrons.